The minimum absolute atomic E-state index is 0.0734. The van der Waals surface area contributed by atoms with Crippen LogP contribution in [-0.4, -0.2) is 77.6 Å². The van der Waals surface area contributed by atoms with Crippen molar-refractivity contribution in [1.82, 2.24) is 15.1 Å². The number of hydrogen-bond acceptors (Lipinski definition) is 6. The van der Waals surface area contributed by atoms with Gasteiger partial charge < -0.3 is 29.7 Å². The summed E-state index contributed by atoms with van der Waals surface area (Å²) in [6, 6.07) is 18.6. The zero-order chi connectivity index (χ0) is 36.9. The quantitative estimate of drug-likeness (QED) is 0.167. The van der Waals surface area contributed by atoms with Gasteiger partial charge in [0.15, 0.2) is 0 Å². The van der Waals surface area contributed by atoms with Crippen molar-refractivity contribution in [2.45, 2.75) is 72.5 Å². The molecule has 272 valence electrons. The molecule has 9 nitrogen and oxygen atoms in total. The third-order valence-corrected chi connectivity index (χ3v) is 10.5. The van der Waals surface area contributed by atoms with Gasteiger partial charge in [0.25, 0.3) is 5.91 Å². The molecule has 11 heteroatoms. The first-order valence-electron chi connectivity index (χ1n) is 17.4. The fourth-order valence-electron chi connectivity index (χ4n) is 6.51. The Hall–Kier alpha value is -4.05. The summed E-state index contributed by atoms with van der Waals surface area (Å²) in [4.78, 5) is 43.2. The number of piperazine rings is 1. The van der Waals surface area contributed by atoms with E-state index in [2.05, 4.69) is 5.32 Å². The Morgan fingerprint density at radius 2 is 1.65 bits per heavy atom. The predicted octanol–water partition coefficient (Wildman–Crippen LogP) is 7.33. The van der Waals surface area contributed by atoms with Gasteiger partial charge in [-0.2, -0.15) is 0 Å². The summed E-state index contributed by atoms with van der Waals surface area (Å²) in [6.45, 7) is 11.5. The van der Waals surface area contributed by atoms with Crippen LogP contribution in [-0.2, 0) is 20.9 Å². The van der Waals surface area contributed by atoms with Crippen molar-refractivity contribution in [1.29, 1.82) is 0 Å². The summed E-state index contributed by atoms with van der Waals surface area (Å²) < 4.78 is 11.9. The van der Waals surface area contributed by atoms with Gasteiger partial charge in [-0.05, 0) is 106 Å². The maximum atomic E-state index is 14.5. The average Bonchev–Trinajstić information content (AvgIpc) is 3.10. The van der Waals surface area contributed by atoms with E-state index in [4.69, 9.17) is 32.7 Å². The lowest BCUT2D eigenvalue weighted by atomic mass is 9.82. The smallest absolute Gasteiger partial charge is 0.309 e. The van der Waals surface area contributed by atoms with Crippen molar-refractivity contribution in [3.63, 3.8) is 0 Å². The van der Waals surface area contributed by atoms with E-state index in [9.17, 15) is 19.5 Å². The first-order chi connectivity index (χ1) is 24.3. The molecule has 2 aliphatic heterocycles. The maximum absolute atomic E-state index is 14.5. The van der Waals surface area contributed by atoms with Gasteiger partial charge in [0.2, 0.25) is 5.91 Å². The topological polar surface area (TPSA) is 108 Å². The second-order valence-electron chi connectivity index (χ2n) is 14.0. The van der Waals surface area contributed by atoms with Crippen molar-refractivity contribution < 1.29 is 29.0 Å². The van der Waals surface area contributed by atoms with Crippen LogP contribution in [0.4, 0.5) is 0 Å². The number of carbonyl (C=O) groups is 3. The standard InChI is InChI=1S/C40H47Cl2N3O6/c1-6-44(22-28-9-7-8-10-32(28)41)38(47)37-31(21-29-23-45(24-34(37)43-29)36(46)15-16-40(4,5)39(48)49)27-11-13-30(14-12-27)50-17-18-51-35-20-26(3)25(2)19-33(35)42/h7-14,19-20,29,34,43H,6,15-18,21-24H2,1-5H3,(H,48,49). The van der Waals surface area contributed by atoms with E-state index in [0.29, 0.717) is 72.9 Å². The highest BCUT2D eigenvalue weighted by molar-refractivity contribution is 6.32. The molecular formula is C40H47Cl2N3O6. The number of amides is 2. The summed E-state index contributed by atoms with van der Waals surface area (Å²) in [5, 5.41) is 14.3. The van der Waals surface area contributed by atoms with Gasteiger partial charge in [0, 0.05) is 49.2 Å². The van der Waals surface area contributed by atoms with Crippen LogP contribution >= 0.6 is 23.2 Å². The Bertz CT molecular complexity index is 1790. The molecule has 2 aliphatic rings. The van der Waals surface area contributed by atoms with E-state index < -0.39 is 17.4 Å². The molecule has 0 aliphatic carbocycles. The summed E-state index contributed by atoms with van der Waals surface area (Å²) in [5.74, 6) is 0.139. The van der Waals surface area contributed by atoms with E-state index in [0.717, 1.165) is 27.8 Å². The van der Waals surface area contributed by atoms with E-state index >= 15 is 0 Å². The molecule has 2 bridgehead atoms. The van der Waals surface area contributed by atoms with E-state index in [1.165, 1.54) is 0 Å². The Balaban J connectivity index is 1.36. The summed E-state index contributed by atoms with van der Waals surface area (Å²) in [5.41, 5.74) is 4.52. The van der Waals surface area contributed by atoms with Crippen molar-refractivity contribution in [2.75, 3.05) is 32.8 Å². The number of hydrogen-bond donors (Lipinski definition) is 2. The van der Waals surface area contributed by atoms with E-state index in [1.807, 2.05) is 81.4 Å². The third kappa shape index (κ3) is 9.25. The molecule has 1 saturated heterocycles. The molecule has 0 aromatic heterocycles. The number of benzene rings is 3. The Morgan fingerprint density at radius 1 is 0.961 bits per heavy atom. The molecule has 2 heterocycles. The first kappa shape index (κ1) is 38.2. The molecular weight excluding hydrogens is 689 g/mol. The fraction of sp³-hybridized carbons (Fsp3) is 0.425. The van der Waals surface area contributed by atoms with Crippen LogP contribution < -0.4 is 14.8 Å². The van der Waals surface area contributed by atoms with E-state index in [-0.39, 0.29) is 30.7 Å². The van der Waals surface area contributed by atoms with Crippen LogP contribution in [0.25, 0.3) is 5.57 Å². The molecule has 3 aromatic rings. The van der Waals surface area contributed by atoms with Crippen LogP contribution in [0, 0.1) is 19.3 Å². The zero-order valence-electron chi connectivity index (χ0n) is 29.9. The summed E-state index contributed by atoms with van der Waals surface area (Å²) in [7, 11) is 0. The van der Waals surface area contributed by atoms with Gasteiger partial charge in [-0.15, -0.1) is 0 Å². The molecule has 51 heavy (non-hydrogen) atoms. The number of aliphatic carboxylic acids is 1. The van der Waals surface area contributed by atoms with Gasteiger partial charge in [0.05, 0.1) is 16.5 Å². The Labute approximate surface area is 310 Å². The van der Waals surface area contributed by atoms with Gasteiger partial charge in [0.1, 0.15) is 24.7 Å². The highest BCUT2D eigenvalue weighted by Gasteiger charge is 2.41. The normalized spacial score (nSPS) is 17.3. The lowest BCUT2D eigenvalue weighted by molar-refractivity contribution is -0.148. The number of aryl methyl sites for hydroxylation is 2. The molecule has 2 amide bonds. The molecule has 2 N–H and O–H groups in total. The maximum Gasteiger partial charge on any atom is 0.309 e. The Morgan fingerprint density at radius 3 is 2.33 bits per heavy atom. The van der Waals surface area contributed by atoms with Gasteiger partial charge in [-0.25, -0.2) is 0 Å². The number of nitrogens with zero attached hydrogens (tertiary/aromatic N) is 2. The van der Waals surface area contributed by atoms with Crippen LogP contribution in [0.5, 0.6) is 11.5 Å². The molecule has 3 aromatic carbocycles. The van der Waals surface area contributed by atoms with Crippen LogP contribution in [0.2, 0.25) is 10.0 Å². The average molecular weight is 737 g/mol. The first-order valence-corrected chi connectivity index (χ1v) is 18.2. The van der Waals surface area contributed by atoms with E-state index in [1.54, 1.807) is 23.6 Å². The molecule has 0 saturated carbocycles. The lowest BCUT2D eigenvalue weighted by Crippen LogP contribution is -2.62. The second-order valence-corrected chi connectivity index (χ2v) is 14.8. The molecule has 1 fully saturated rings. The summed E-state index contributed by atoms with van der Waals surface area (Å²) >= 11 is 12.9. The van der Waals surface area contributed by atoms with Crippen LogP contribution in [0.1, 0.15) is 62.3 Å². The fourth-order valence-corrected chi connectivity index (χ4v) is 6.98. The molecule has 0 spiro atoms. The Kier molecular flexibility index (Phi) is 12.4. The summed E-state index contributed by atoms with van der Waals surface area (Å²) in [6.07, 6.45) is 0.890. The van der Waals surface area contributed by atoms with Gasteiger partial charge in [-0.1, -0.05) is 53.5 Å². The largest absolute Gasteiger partial charge is 0.490 e. The number of ether oxygens (including phenoxy) is 2. The zero-order valence-corrected chi connectivity index (χ0v) is 31.4. The monoisotopic (exact) mass is 735 g/mol. The molecule has 5 rings (SSSR count). The number of halogens is 2. The second kappa shape index (κ2) is 16.5. The number of carboxylic acid groups (broad SMARTS) is 1. The molecule has 2 unspecified atom stereocenters. The van der Waals surface area contributed by atoms with Crippen molar-refractivity contribution in [2.24, 2.45) is 5.41 Å². The minimum Gasteiger partial charge on any atom is -0.490 e. The van der Waals surface area contributed by atoms with Gasteiger partial charge in [-0.3, -0.25) is 14.4 Å². The number of carbonyl (C=O) groups excluding carboxylic acids is 2. The van der Waals surface area contributed by atoms with Gasteiger partial charge >= 0.3 is 5.97 Å². The SMILES string of the molecule is CCN(Cc1ccccc1Cl)C(=O)C1=C(c2ccc(OCCOc3cc(C)c(C)cc3Cl)cc2)CC2CN(C(=O)CCC(C)(C)C(=O)O)CC1N2. The number of rotatable bonds is 14. The molecule has 2 atom stereocenters. The van der Waals surface area contributed by atoms with Crippen LogP contribution in [0.15, 0.2) is 66.2 Å². The van der Waals surface area contributed by atoms with Crippen molar-refractivity contribution in [3.05, 3.63) is 98.5 Å². The molecule has 0 radical (unpaired) electrons. The minimum atomic E-state index is -1.01. The van der Waals surface area contributed by atoms with Crippen LogP contribution in [0.3, 0.4) is 0 Å². The number of nitrogens with one attached hydrogen (secondary N) is 1. The predicted molar refractivity (Wildman–Crippen MR) is 200 cm³/mol. The third-order valence-electron chi connectivity index (χ3n) is 9.88. The van der Waals surface area contributed by atoms with Crippen molar-refractivity contribution >= 4 is 46.6 Å². The van der Waals surface area contributed by atoms with Crippen molar-refractivity contribution in [3.8, 4) is 11.5 Å². The number of fused-ring (bicyclic) bond motifs is 2. The highest BCUT2D eigenvalue weighted by atomic mass is 35.5. The highest BCUT2D eigenvalue weighted by Crippen LogP contribution is 2.36. The lowest BCUT2D eigenvalue weighted by Gasteiger charge is -2.45. The number of carboxylic acids is 1. The number of likely N-dealkylation sites (N-methyl/N-ethyl adjacent to an activating group) is 1.